The van der Waals surface area contributed by atoms with Gasteiger partial charge >= 0.3 is 6.36 Å². The van der Waals surface area contributed by atoms with Gasteiger partial charge in [-0.25, -0.2) is 0 Å². The Hall–Kier alpha value is -3.25. The number of hydrogen-bond acceptors (Lipinski definition) is 4. The molecule has 1 aromatic carbocycles. The van der Waals surface area contributed by atoms with Crippen LogP contribution in [0.25, 0.3) is 6.08 Å². The first kappa shape index (κ1) is 23.0. The molecule has 1 N–H and O–H groups in total. The highest BCUT2D eigenvalue weighted by atomic mass is 19.4. The lowest BCUT2D eigenvalue weighted by Crippen LogP contribution is -2.17. The average Bonchev–Trinajstić information content (AvgIpc) is 2.93. The molecule has 0 saturated heterocycles. The van der Waals surface area contributed by atoms with E-state index >= 15 is 0 Å². The number of halogens is 3. The largest absolute Gasteiger partial charge is 0.573 e. The highest BCUT2D eigenvalue weighted by molar-refractivity contribution is 6.09. The van der Waals surface area contributed by atoms with E-state index in [0.717, 1.165) is 29.1 Å². The number of amides is 1. The maximum Gasteiger partial charge on any atom is 0.573 e. The summed E-state index contributed by atoms with van der Waals surface area (Å²) >= 11 is 0. The van der Waals surface area contributed by atoms with Crippen molar-refractivity contribution in [3.8, 4) is 11.8 Å². The highest BCUT2D eigenvalue weighted by Crippen LogP contribution is 2.25. The molecule has 9 heteroatoms. The summed E-state index contributed by atoms with van der Waals surface area (Å²) in [4.78, 5) is 12.5. The Morgan fingerprint density at radius 3 is 2.47 bits per heavy atom. The number of carbonyl (C=O) groups is 1. The summed E-state index contributed by atoms with van der Waals surface area (Å²) in [5, 5.41) is 11.9. The molecule has 0 saturated carbocycles. The monoisotopic (exact) mass is 421 g/mol. The van der Waals surface area contributed by atoms with Crippen LogP contribution in [0.2, 0.25) is 0 Å². The third kappa shape index (κ3) is 5.87. The zero-order valence-electron chi connectivity index (χ0n) is 17.0. The summed E-state index contributed by atoms with van der Waals surface area (Å²) < 4.78 is 47.7. The summed E-state index contributed by atoms with van der Waals surface area (Å²) in [6.45, 7) is 6.32. The van der Waals surface area contributed by atoms with Gasteiger partial charge in [0.1, 0.15) is 17.4 Å². The van der Waals surface area contributed by atoms with Crippen molar-refractivity contribution in [3.63, 3.8) is 0 Å². The second kappa shape index (κ2) is 9.50. The molecule has 2 rings (SSSR count). The van der Waals surface area contributed by atoms with E-state index in [1.165, 1.54) is 18.2 Å². The van der Waals surface area contributed by atoms with Crippen molar-refractivity contribution < 1.29 is 27.4 Å². The van der Waals surface area contributed by atoms with Crippen LogP contribution in [-0.2, 0) is 9.53 Å². The highest BCUT2D eigenvalue weighted by Gasteiger charge is 2.31. The molecule has 160 valence electrons. The normalized spacial score (nSPS) is 12.9. The van der Waals surface area contributed by atoms with Gasteiger partial charge in [-0.1, -0.05) is 0 Å². The fourth-order valence-electron chi connectivity index (χ4n) is 3.19. The van der Waals surface area contributed by atoms with Crippen LogP contribution < -0.4 is 10.1 Å². The van der Waals surface area contributed by atoms with Gasteiger partial charge in [0.25, 0.3) is 5.91 Å². The molecule has 6 nitrogen and oxygen atoms in total. The molecule has 0 spiro atoms. The SMILES string of the molecule is COCC(C)n1c(C)cc(/C=C(\C#N)C(=O)Nc2ccc(OC(F)(F)F)cc2)c1C. The summed E-state index contributed by atoms with van der Waals surface area (Å²) in [6, 6.07) is 8.47. The third-order valence-corrected chi connectivity index (χ3v) is 4.38. The predicted molar refractivity (Wildman–Crippen MR) is 106 cm³/mol. The first-order valence-electron chi connectivity index (χ1n) is 9.02. The standard InChI is InChI=1S/C21H22F3N3O3/c1-13-9-16(15(3)27(13)14(2)12-29-4)10-17(11-25)20(28)26-18-5-7-19(8-6-18)30-21(22,23)24/h5-10,14H,12H2,1-4H3,(H,26,28)/b17-10+. The number of aromatic nitrogens is 1. The molecule has 0 aliphatic heterocycles. The number of nitriles is 1. The van der Waals surface area contributed by atoms with Crippen molar-refractivity contribution in [2.75, 3.05) is 19.0 Å². The van der Waals surface area contributed by atoms with Gasteiger partial charge in [-0.2, -0.15) is 5.26 Å². The zero-order valence-corrected chi connectivity index (χ0v) is 17.0. The van der Waals surface area contributed by atoms with E-state index in [-0.39, 0.29) is 17.3 Å². The average molecular weight is 421 g/mol. The van der Waals surface area contributed by atoms with Crippen LogP contribution in [0.5, 0.6) is 5.75 Å². The van der Waals surface area contributed by atoms with Crippen molar-refractivity contribution in [1.82, 2.24) is 4.57 Å². The Bertz CT molecular complexity index is 970. The molecule has 1 atom stereocenters. The van der Waals surface area contributed by atoms with E-state index in [1.807, 2.05) is 32.9 Å². The molecule has 0 aliphatic carbocycles. The van der Waals surface area contributed by atoms with E-state index in [4.69, 9.17) is 4.74 Å². The fourth-order valence-corrected chi connectivity index (χ4v) is 3.19. The number of nitrogens with one attached hydrogen (secondary N) is 1. The van der Waals surface area contributed by atoms with Gasteiger partial charge in [0, 0.05) is 24.2 Å². The quantitative estimate of drug-likeness (QED) is 0.517. The van der Waals surface area contributed by atoms with Gasteiger partial charge in [0.15, 0.2) is 0 Å². The van der Waals surface area contributed by atoms with Gasteiger partial charge in [0.05, 0.1) is 12.6 Å². The molecule has 2 aromatic rings. The van der Waals surface area contributed by atoms with Gasteiger partial charge < -0.3 is 19.4 Å². The Kier molecular flexibility index (Phi) is 7.29. The number of benzene rings is 1. The minimum atomic E-state index is -4.80. The van der Waals surface area contributed by atoms with E-state index in [2.05, 4.69) is 14.6 Å². The Labute approximate surface area is 172 Å². The molecule has 1 aromatic heterocycles. The predicted octanol–water partition coefficient (Wildman–Crippen LogP) is 4.76. The van der Waals surface area contributed by atoms with Crippen LogP contribution in [0.1, 0.15) is 29.9 Å². The van der Waals surface area contributed by atoms with Crippen LogP contribution in [0.15, 0.2) is 35.9 Å². The summed E-state index contributed by atoms with van der Waals surface area (Å²) in [7, 11) is 1.62. The van der Waals surface area contributed by atoms with Gasteiger partial charge in [-0.3, -0.25) is 4.79 Å². The molecule has 1 unspecified atom stereocenters. The van der Waals surface area contributed by atoms with E-state index in [1.54, 1.807) is 7.11 Å². The third-order valence-electron chi connectivity index (χ3n) is 4.38. The molecule has 1 amide bonds. The van der Waals surface area contributed by atoms with Crippen molar-refractivity contribution in [2.24, 2.45) is 0 Å². The number of rotatable bonds is 7. The molecular formula is C21H22F3N3O3. The van der Waals surface area contributed by atoms with E-state index < -0.39 is 18.0 Å². The summed E-state index contributed by atoms with van der Waals surface area (Å²) in [5.41, 5.74) is 2.66. The number of methoxy groups -OCH3 is 1. The van der Waals surface area contributed by atoms with E-state index in [9.17, 15) is 23.2 Å². The number of nitrogens with zero attached hydrogens (tertiary/aromatic N) is 2. The zero-order chi connectivity index (χ0) is 22.5. The van der Waals surface area contributed by atoms with Crippen LogP contribution in [0.4, 0.5) is 18.9 Å². The molecule has 0 radical (unpaired) electrons. The van der Waals surface area contributed by atoms with E-state index in [0.29, 0.717) is 6.61 Å². The maximum absolute atomic E-state index is 12.5. The maximum atomic E-state index is 12.5. The summed E-state index contributed by atoms with van der Waals surface area (Å²) in [5.74, 6) is -1.08. The molecule has 0 aliphatic rings. The molecule has 30 heavy (non-hydrogen) atoms. The fraction of sp³-hybridized carbons (Fsp3) is 0.333. The van der Waals surface area contributed by atoms with Crippen molar-refractivity contribution in [3.05, 3.63) is 52.9 Å². The smallest absolute Gasteiger partial charge is 0.406 e. The number of aryl methyl sites for hydroxylation is 1. The van der Waals surface area contributed by atoms with Crippen LogP contribution in [0, 0.1) is 25.2 Å². The Balaban J connectivity index is 2.20. The number of hydrogen-bond donors (Lipinski definition) is 1. The van der Waals surface area contributed by atoms with Gasteiger partial charge in [-0.05, 0) is 62.7 Å². The van der Waals surface area contributed by atoms with Crippen molar-refractivity contribution in [2.45, 2.75) is 33.2 Å². The first-order chi connectivity index (χ1) is 14.1. The summed E-state index contributed by atoms with van der Waals surface area (Å²) in [6.07, 6.45) is -3.32. The first-order valence-corrected chi connectivity index (χ1v) is 9.02. The lowest BCUT2D eigenvalue weighted by atomic mass is 10.1. The number of alkyl halides is 3. The van der Waals surface area contributed by atoms with Crippen LogP contribution in [-0.4, -0.2) is 30.6 Å². The van der Waals surface area contributed by atoms with Gasteiger partial charge in [-0.15, -0.1) is 13.2 Å². The van der Waals surface area contributed by atoms with Gasteiger partial charge in [0.2, 0.25) is 0 Å². The lowest BCUT2D eigenvalue weighted by Gasteiger charge is -2.17. The molecular weight excluding hydrogens is 399 g/mol. The molecule has 0 bridgehead atoms. The number of anilines is 1. The minimum absolute atomic E-state index is 0.0777. The Morgan fingerprint density at radius 1 is 1.30 bits per heavy atom. The molecule has 1 heterocycles. The van der Waals surface area contributed by atoms with Crippen LogP contribution in [0.3, 0.4) is 0 Å². The topological polar surface area (TPSA) is 76.3 Å². The second-order valence-electron chi connectivity index (χ2n) is 6.70. The van der Waals surface area contributed by atoms with Crippen molar-refractivity contribution >= 4 is 17.7 Å². The molecule has 0 fully saturated rings. The second-order valence-corrected chi connectivity index (χ2v) is 6.70. The van der Waals surface area contributed by atoms with Crippen molar-refractivity contribution in [1.29, 1.82) is 5.26 Å². The lowest BCUT2D eigenvalue weighted by molar-refractivity contribution is -0.274. The van der Waals surface area contributed by atoms with Crippen LogP contribution >= 0.6 is 0 Å². The number of carbonyl (C=O) groups excluding carboxylic acids is 1. The minimum Gasteiger partial charge on any atom is -0.406 e. The number of ether oxygens (including phenoxy) is 2. The Morgan fingerprint density at radius 2 is 1.93 bits per heavy atom.